The zero-order chi connectivity index (χ0) is 11.4. The summed E-state index contributed by atoms with van der Waals surface area (Å²) in [5, 5.41) is 7.47. The summed E-state index contributed by atoms with van der Waals surface area (Å²) in [5.41, 5.74) is 1.05. The van der Waals surface area contributed by atoms with Gasteiger partial charge in [0.1, 0.15) is 5.76 Å². The number of nitrogens with one attached hydrogen (secondary N) is 1. The number of hydrogen-bond donors (Lipinski definition) is 1. The van der Waals surface area contributed by atoms with Crippen molar-refractivity contribution in [2.45, 2.75) is 39.3 Å². The molecule has 1 aromatic rings. The predicted molar refractivity (Wildman–Crippen MR) is 63.2 cm³/mol. The molecule has 0 spiro atoms. The average molecular weight is 223 g/mol. The fraction of sp³-hybridized carbons (Fsp3) is 0.750. The van der Waals surface area contributed by atoms with Crippen LogP contribution in [-0.2, 0) is 6.54 Å². The second kappa shape index (κ2) is 5.46. The van der Waals surface area contributed by atoms with Crippen LogP contribution in [0, 0.1) is 6.92 Å². The van der Waals surface area contributed by atoms with Gasteiger partial charge in [0.15, 0.2) is 0 Å². The van der Waals surface area contributed by atoms with E-state index in [1.54, 1.807) is 0 Å². The third kappa shape index (κ3) is 2.83. The van der Waals surface area contributed by atoms with E-state index in [4.69, 9.17) is 4.52 Å². The topological polar surface area (TPSA) is 41.3 Å². The Hall–Kier alpha value is -0.870. The number of nitrogens with zero attached hydrogens (tertiary/aromatic N) is 2. The van der Waals surface area contributed by atoms with Gasteiger partial charge in [-0.15, -0.1) is 0 Å². The van der Waals surface area contributed by atoms with E-state index in [1.807, 2.05) is 13.0 Å². The zero-order valence-electron chi connectivity index (χ0n) is 10.2. The summed E-state index contributed by atoms with van der Waals surface area (Å²) in [6.07, 6.45) is 2.48. The van der Waals surface area contributed by atoms with Crippen LogP contribution in [0.2, 0.25) is 0 Å². The Morgan fingerprint density at radius 2 is 2.25 bits per heavy atom. The maximum absolute atomic E-state index is 5.11. The van der Waals surface area contributed by atoms with Gasteiger partial charge in [0.25, 0.3) is 0 Å². The molecular weight excluding hydrogens is 202 g/mol. The average Bonchev–Trinajstić information content (AvgIpc) is 2.73. The quantitative estimate of drug-likeness (QED) is 0.841. The lowest BCUT2D eigenvalue weighted by atomic mass is 10.0. The minimum absolute atomic E-state index is 0.697. The van der Waals surface area contributed by atoms with Crippen LogP contribution in [0.5, 0.6) is 0 Å². The molecule has 2 heterocycles. The fourth-order valence-electron chi connectivity index (χ4n) is 2.37. The summed E-state index contributed by atoms with van der Waals surface area (Å²) in [4.78, 5) is 2.50. The van der Waals surface area contributed by atoms with E-state index in [9.17, 15) is 0 Å². The molecule has 1 aliphatic rings. The molecule has 0 atom stereocenters. The van der Waals surface area contributed by atoms with Gasteiger partial charge in [-0.2, -0.15) is 0 Å². The highest BCUT2D eigenvalue weighted by molar-refractivity contribution is 5.03. The Balaban J connectivity index is 1.94. The summed E-state index contributed by atoms with van der Waals surface area (Å²) in [5.74, 6) is 0.899. The van der Waals surface area contributed by atoms with Crippen molar-refractivity contribution in [3.05, 3.63) is 17.5 Å². The standard InChI is InChI=1S/C12H21N3O/c1-3-15(12-4-6-13-7-5-12)9-11-8-10(2)16-14-11/h8,12-13H,3-7,9H2,1-2H3. The Morgan fingerprint density at radius 3 is 2.81 bits per heavy atom. The molecule has 0 saturated carbocycles. The van der Waals surface area contributed by atoms with Crippen molar-refractivity contribution < 1.29 is 4.52 Å². The molecule has 1 N–H and O–H groups in total. The maximum Gasteiger partial charge on any atom is 0.133 e. The molecule has 0 radical (unpaired) electrons. The molecule has 1 aliphatic heterocycles. The zero-order valence-corrected chi connectivity index (χ0v) is 10.2. The SMILES string of the molecule is CCN(Cc1cc(C)on1)C1CCNCC1. The highest BCUT2D eigenvalue weighted by atomic mass is 16.5. The summed E-state index contributed by atoms with van der Waals surface area (Å²) in [6, 6.07) is 2.73. The molecule has 16 heavy (non-hydrogen) atoms. The van der Waals surface area contributed by atoms with Crippen LogP contribution >= 0.6 is 0 Å². The van der Waals surface area contributed by atoms with E-state index in [0.717, 1.165) is 37.6 Å². The van der Waals surface area contributed by atoms with Gasteiger partial charge in [0.05, 0.1) is 5.69 Å². The Morgan fingerprint density at radius 1 is 1.50 bits per heavy atom. The van der Waals surface area contributed by atoms with Crippen LogP contribution in [-0.4, -0.2) is 35.7 Å². The number of piperidine rings is 1. The normalized spacial score (nSPS) is 18.2. The van der Waals surface area contributed by atoms with Gasteiger partial charge in [-0.05, 0) is 39.4 Å². The smallest absolute Gasteiger partial charge is 0.133 e. The molecule has 0 unspecified atom stereocenters. The van der Waals surface area contributed by atoms with E-state index >= 15 is 0 Å². The van der Waals surface area contributed by atoms with Crippen LogP contribution in [0.15, 0.2) is 10.6 Å². The highest BCUT2D eigenvalue weighted by Crippen LogP contribution is 2.15. The predicted octanol–water partition coefficient (Wildman–Crippen LogP) is 1.56. The van der Waals surface area contributed by atoms with Gasteiger partial charge in [0, 0.05) is 18.7 Å². The van der Waals surface area contributed by atoms with Gasteiger partial charge in [-0.1, -0.05) is 12.1 Å². The van der Waals surface area contributed by atoms with Crippen LogP contribution in [0.4, 0.5) is 0 Å². The van der Waals surface area contributed by atoms with Crippen molar-refractivity contribution in [3.63, 3.8) is 0 Å². The molecule has 90 valence electrons. The molecular formula is C12H21N3O. The highest BCUT2D eigenvalue weighted by Gasteiger charge is 2.20. The number of rotatable bonds is 4. The van der Waals surface area contributed by atoms with Crippen molar-refractivity contribution in [1.82, 2.24) is 15.4 Å². The molecule has 4 nitrogen and oxygen atoms in total. The largest absolute Gasteiger partial charge is 0.361 e. The van der Waals surface area contributed by atoms with E-state index in [2.05, 4.69) is 22.3 Å². The van der Waals surface area contributed by atoms with Crippen molar-refractivity contribution >= 4 is 0 Å². The Kier molecular flexibility index (Phi) is 3.96. The Labute approximate surface area is 97.0 Å². The van der Waals surface area contributed by atoms with Gasteiger partial charge >= 0.3 is 0 Å². The first-order valence-electron chi connectivity index (χ1n) is 6.16. The molecule has 1 saturated heterocycles. The lowest BCUT2D eigenvalue weighted by Gasteiger charge is -2.33. The lowest BCUT2D eigenvalue weighted by Crippen LogP contribution is -2.42. The van der Waals surface area contributed by atoms with Gasteiger partial charge in [-0.3, -0.25) is 4.90 Å². The molecule has 0 aliphatic carbocycles. The molecule has 1 aromatic heterocycles. The summed E-state index contributed by atoms with van der Waals surface area (Å²) >= 11 is 0. The van der Waals surface area contributed by atoms with Crippen LogP contribution in [0.3, 0.4) is 0 Å². The summed E-state index contributed by atoms with van der Waals surface area (Å²) < 4.78 is 5.11. The van der Waals surface area contributed by atoms with Gasteiger partial charge < -0.3 is 9.84 Å². The number of aryl methyl sites for hydroxylation is 1. The lowest BCUT2D eigenvalue weighted by molar-refractivity contribution is 0.158. The molecule has 2 rings (SSSR count). The van der Waals surface area contributed by atoms with Crippen molar-refractivity contribution in [2.24, 2.45) is 0 Å². The first kappa shape index (κ1) is 11.6. The van der Waals surface area contributed by atoms with Gasteiger partial charge in [-0.25, -0.2) is 0 Å². The summed E-state index contributed by atoms with van der Waals surface area (Å²) in [6.45, 7) is 8.43. The van der Waals surface area contributed by atoms with E-state index in [0.29, 0.717) is 6.04 Å². The molecule has 0 bridgehead atoms. The van der Waals surface area contributed by atoms with E-state index < -0.39 is 0 Å². The second-order valence-corrected chi connectivity index (χ2v) is 4.47. The minimum atomic E-state index is 0.697. The molecule has 1 fully saturated rings. The third-order valence-corrected chi connectivity index (χ3v) is 3.27. The van der Waals surface area contributed by atoms with Gasteiger partial charge in [0.2, 0.25) is 0 Å². The maximum atomic E-state index is 5.11. The van der Waals surface area contributed by atoms with Crippen molar-refractivity contribution in [3.8, 4) is 0 Å². The first-order valence-corrected chi connectivity index (χ1v) is 6.16. The van der Waals surface area contributed by atoms with E-state index in [-0.39, 0.29) is 0 Å². The number of aromatic nitrogens is 1. The molecule has 0 amide bonds. The fourth-order valence-corrected chi connectivity index (χ4v) is 2.37. The van der Waals surface area contributed by atoms with Crippen molar-refractivity contribution in [1.29, 1.82) is 0 Å². The van der Waals surface area contributed by atoms with E-state index in [1.165, 1.54) is 12.8 Å². The second-order valence-electron chi connectivity index (χ2n) is 4.47. The molecule has 4 heteroatoms. The Bertz CT molecular complexity index is 318. The van der Waals surface area contributed by atoms with Crippen LogP contribution < -0.4 is 5.32 Å². The third-order valence-electron chi connectivity index (χ3n) is 3.27. The number of hydrogen-bond acceptors (Lipinski definition) is 4. The van der Waals surface area contributed by atoms with Crippen molar-refractivity contribution in [2.75, 3.05) is 19.6 Å². The molecule has 0 aromatic carbocycles. The monoisotopic (exact) mass is 223 g/mol. The summed E-state index contributed by atoms with van der Waals surface area (Å²) in [7, 11) is 0. The van der Waals surface area contributed by atoms with Crippen LogP contribution in [0.25, 0.3) is 0 Å². The minimum Gasteiger partial charge on any atom is -0.361 e. The first-order chi connectivity index (χ1) is 7.79. The van der Waals surface area contributed by atoms with Crippen LogP contribution in [0.1, 0.15) is 31.2 Å².